The van der Waals surface area contributed by atoms with Crippen molar-refractivity contribution in [3.8, 4) is 11.5 Å². The molecule has 0 aliphatic heterocycles. The molecular weight excluding hydrogens is 168 g/mol. The van der Waals surface area contributed by atoms with E-state index in [-0.39, 0.29) is 6.61 Å². The maximum atomic E-state index is 8.75. The van der Waals surface area contributed by atoms with Gasteiger partial charge in [0.2, 0.25) is 5.89 Å². The maximum absolute atomic E-state index is 8.75. The highest BCUT2D eigenvalue weighted by Crippen LogP contribution is 2.17. The second-order valence-corrected chi connectivity index (χ2v) is 2.53. The van der Waals surface area contributed by atoms with Crippen LogP contribution in [-0.2, 0) is 6.61 Å². The maximum Gasteiger partial charge on any atom is 0.226 e. The Hall–Kier alpha value is -1.68. The lowest BCUT2D eigenvalue weighted by atomic mass is 10.3. The SMILES string of the molecule is OCc1cnc(-c2ccncc2)o1. The third-order valence-corrected chi connectivity index (χ3v) is 1.64. The van der Waals surface area contributed by atoms with E-state index in [1.165, 1.54) is 6.20 Å². The van der Waals surface area contributed by atoms with Gasteiger partial charge in [-0.2, -0.15) is 0 Å². The molecule has 0 atom stereocenters. The fraction of sp³-hybridized carbons (Fsp3) is 0.111. The topological polar surface area (TPSA) is 59.2 Å². The zero-order chi connectivity index (χ0) is 9.10. The van der Waals surface area contributed by atoms with Crippen LogP contribution in [0.1, 0.15) is 5.76 Å². The molecule has 0 aliphatic rings. The van der Waals surface area contributed by atoms with Crippen LogP contribution in [0.15, 0.2) is 35.1 Å². The minimum absolute atomic E-state index is 0.127. The summed E-state index contributed by atoms with van der Waals surface area (Å²) in [5.74, 6) is 0.971. The van der Waals surface area contributed by atoms with Crippen LogP contribution in [0.3, 0.4) is 0 Å². The van der Waals surface area contributed by atoms with Crippen LogP contribution < -0.4 is 0 Å². The van der Waals surface area contributed by atoms with E-state index >= 15 is 0 Å². The minimum Gasteiger partial charge on any atom is -0.439 e. The van der Waals surface area contributed by atoms with Gasteiger partial charge in [-0.1, -0.05) is 0 Å². The van der Waals surface area contributed by atoms with Crippen molar-refractivity contribution in [1.29, 1.82) is 0 Å². The Morgan fingerprint density at radius 2 is 2.08 bits per heavy atom. The second-order valence-electron chi connectivity index (χ2n) is 2.53. The average Bonchev–Trinajstić information content (AvgIpc) is 2.67. The number of rotatable bonds is 2. The predicted molar refractivity (Wildman–Crippen MR) is 45.7 cm³/mol. The molecule has 0 saturated heterocycles. The molecule has 13 heavy (non-hydrogen) atoms. The number of hydrogen-bond acceptors (Lipinski definition) is 4. The van der Waals surface area contributed by atoms with Crippen molar-refractivity contribution in [3.63, 3.8) is 0 Å². The average molecular weight is 176 g/mol. The van der Waals surface area contributed by atoms with E-state index in [1.807, 2.05) is 0 Å². The number of hydrogen-bond donors (Lipinski definition) is 1. The quantitative estimate of drug-likeness (QED) is 0.747. The first-order chi connectivity index (χ1) is 6.40. The van der Waals surface area contributed by atoms with E-state index in [2.05, 4.69) is 9.97 Å². The summed E-state index contributed by atoms with van der Waals surface area (Å²) in [5, 5.41) is 8.75. The number of oxazole rings is 1. The zero-order valence-electron chi connectivity index (χ0n) is 6.84. The Kier molecular flexibility index (Phi) is 2.06. The lowest BCUT2D eigenvalue weighted by molar-refractivity contribution is 0.248. The summed E-state index contributed by atoms with van der Waals surface area (Å²) in [7, 11) is 0. The lowest BCUT2D eigenvalue weighted by Gasteiger charge is -1.92. The van der Waals surface area contributed by atoms with Gasteiger partial charge in [-0.3, -0.25) is 4.98 Å². The molecule has 4 nitrogen and oxygen atoms in total. The molecule has 2 heterocycles. The monoisotopic (exact) mass is 176 g/mol. The third-order valence-electron chi connectivity index (χ3n) is 1.64. The largest absolute Gasteiger partial charge is 0.439 e. The van der Waals surface area contributed by atoms with Crippen LogP contribution in [0.25, 0.3) is 11.5 Å². The Labute approximate surface area is 74.9 Å². The standard InChI is InChI=1S/C9H8N2O2/c12-6-8-5-11-9(13-8)7-1-3-10-4-2-7/h1-5,12H,6H2. The van der Waals surface area contributed by atoms with E-state index in [0.29, 0.717) is 11.7 Å². The van der Waals surface area contributed by atoms with Crippen molar-refractivity contribution in [2.24, 2.45) is 0 Å². The Bertz CT molecular complexity index is 384. The van der Waals surface area contributed by atoms with Gasteiger partial charge in [0.25, 0.3) is 0 Å². The number of pyridine rings is 1. The molecule has 0 aliphatic carbocycles. The molecule has 0 fully saturated rings. The van der Waals surface area contributed by atoms with E-state index in [4.69, 9.17) is 9.52 Å². The summed E-state index contributed by atoms with van der Waals surface area (Å²) in [6.45, 7) is -0.127. The third kappa shape index (κ3) is 1.57. The molecule has 0 saturated carbocycles. The molecule has 2 rings (SSSR count). The van der Waals surface area contributed by atoms with Gasteiger partial charge in [0.15, 0.2) is 0 Å². The van der Waals surface area contributed by atoms with Crippen molar-refractivity contribution >= 4 is 0 Å². The van der Waals surface area contributed by atoms with Crippen molar-refractivity contribution < 1.29 is 9.52 Å². The van der Waals surface area contributed by atoms with E-state index < -0.39 is 0 Å². The molecule has 0 radical (unpaired) electrons. The lowest BCUT2D eigenvalue weighted by Crippen LogP contribution is -1.76. The summed E-state index contributed by atoms with van der Waals surface area (Å²) in [4.78, 5) is 7.88. The Balaban J connectivity index is 2.36. The molecule has 1 N–H and O–H groups in total. The summed E-state index contributed by atoms with van der Waals surface area (Å²) in [6, 6.07) is 3.60. The van der Waals surface area contributed by atoms with Gasteiger partial charge in [0, 0.05) is 18.0 Å². The van der Waals surface area contributed by atoms with Crippen molar-refractivity contribution in [1.82, 2.24) is 9.97 Å². The molecular formula is C9H8N2O2. The number of aliphatic hydroxyl groups excluding tert-OH is 1. The first-order valence-electron chi connectivity index (χ1n) is 3.86. The van der Waals surface area contributed by atoms with Gasteiger partial charge >= 0.3 is 0 Å². The highest BCUT2D eigenvalue weighted by atomic mass is 16.4. The molecule has 66 valence electrons. The molecule has 2 aromatic heterocycles. The fourth-order valence-corrected chi connectivity index (χ4v) is 1.01. The number of aliphatic hydroxyl groups is 1. The molecule has 0 amide bonds. The highest BCUT2D eigenvalue weighted by molar-refractivity contribution is 5.51. The molecule has 2 aromatic rings. The first-order valence-corrected chi connectivity index (χ1v) is 3.86. The van der Waals surface area contributed by atoms with Crippen LogP contribution in [0.4, 0.5) is 0 Å². The van der Waals surface area contributed by atoms with Crippen LogP contribution in [-0.4, -0.2) is 15.1 Å². The van der Waals surface area contributed by atoms with E-state index in [0.717, 1.165) is 5.56 Å². The minimum atomic E-state index is -0.127. The van der Waals surface area contributed by atoms with Gasteiger partial charge in [-0.05, 0) is 12.1 Å². The van der Waals surface area contributed by atoms with Gasteiger partial charge in [0.05, 0.1) is 6.20 Å². The smallest absolute Gasteiger partial charge is 0.226 e. The normalized spacial score (nSPS) is 10.2. The van der Waals surface area contributed by atoms with Gasteiger partial charge in [-0.25, -0.2) is 4.98 Å². The van der Waals surface area contributed by atoms with Crippen LogP contribution in [0.2, 0.25) is 0 Å². The number of aromatic nitrogens is 2. The molecule has 0 unspecified atom stereocenters. The summed E-state index contributed by atoms with van der Waals surface area (Å²) in [6.07, 6.45) is 4.84. The van der Waals surface area contributed by atoms with E-state index in [1.54, 1.807) is 24.5 Å². The molecule has 4 heteroatoms. The molecule has 0 aromatic carbocycles. The van der Waals surface area contributed by atoms with E-state index in [9.17, 15) is 0 Å². The Morgan fingerprint density at radius 1 is 1.31 bits per heavy atom. The summed E-state index contributed by atoms with van der Waals surface area (Å²) < 4.78 is 5.23. The molecule has 0 spiro atoms. The van der Waals surface area contributed by atoms with Crippen molar-refractivity contribution in [2.45, 2.75) is 6.61 Å². The predicted octanol–water partition coefficient (Wildman–Crippen LogP) is 1.23. The second kappa shape index (κ2) is 3.37. The first kappa shape index (κ1) is 7.94. The number of nitrogens with zero attached hydrogens (tertiary/aromatic N) is 2. The molecule has 0 bridgehead atoms. The fourth-order valence-electron chi connectivity index (χ4n) is 1.01. The van der Waals surface area contributed by atoms with Crippen molar-refractivity contribution in [2.75, 3.05) is 0 Å². The van der Waals surface area contributed by atoms with Crippen LogP contribution in [0.5, 0.6) is 0 Å². The summed E-state index contributed by atoms with van der Waals surface area (Å²) >= 11 is 0. The van der Waals surface area contributed by atoms with Gasteiger partial charge in [0.1, 0.15) is 12.4 Å². The van der Waals surface area contributed by atoms with Gasteiger partial charge in [-0.15, -0.1) is 0 Å². The van der Waals surface area contributed by atoms with Crippen LogP contribution >= 0.6 is 0 Å². The zero-order valence-corrected chi connectivity index (χ0v) is 6.84. The summed E-state index contributed by atoms with van der Waals surface area (Å²) in [5.41, 5.74) is 0.856. The Morgan fingerprint density at radius 3 is 2.69 bits per heavy atom. The highest BCUT2D eigenvalue weighted by Gasteiger charge is 2.04. The van der Waals surface area contributed by atoms with Gasteiger partial charge < -0.3 is 9.52 Å². The van der Waals surface area contributed by atoms with Crippen molar-refractivity contribution in [3.05, 3.63) is 36.5 Å². The van der Waals surface area contributed by atoms with Crippen LogP contribution in [0, 0.1) is 0 Å².